The number of nitrogens with one attached hydrogen (secondary N) is 1. The molecule has 114 valence electrons. The molecule has 0 bridgehead atoms. The number of carbonyl (C=O) groups excluding carboxylic acids is 1. The molecule has 1 fully saturated rings. The summed E-state index contributed by atoms with van der Waals surface area (Å²) in [4.78, 5) is 24.8. The van der Waals surface area contributed by atoms with Crippen LogP contribution >= 0.6 is 11.6 Å². The van der Waals surface area contributed by atoms with Crippen molar-refractivity contribution in [2.75, 3.05) is 13.1 Å². The first-order valence-corrected chi connectivity index (χ1v) is 7.39. The number of rotatable bonds is 3. The average molecular weight is 311 g/mol. The van der Waals surface area contributed by atoms with E-state index in [1.54, 1.807) is 17.0 Å². The third-order valence-electron chi connectivity index (χ3n) is 3.77. The third-order valence-corrected chi connectivity index (χ3v) is 4.02. The molecular formula is C15H19ClN2O3. The van der Waals surface area contributed by atoms with Gasteiger partial charge in [0.15, 0.2) is 0 Å². The normalized spacial score (nSPS) is 19.9. The molecule has 1 saturated heterocycles. The topological polar surface area (TPSA) is 69.6 Å². The molecule has 0 radical (unpaired) electrons. The summed E-state index contributed by atoms with van der Waals surface area (Å²) in [6.07, 6.45) is 1.35. The zero-order valence-electron chi connectivity index (χ0n) is 11.9. The van der Waals surface area contributed by atoms with Crippen LogP contribution in [0.15, 0.2) is 24.3 Å². The molecule has 1 unspecified atom stereocenters. The Balaban J connectivity index is 1.94. The smallest absolute Gasteiger partial charge is 0.317 e. The van der Waals surface area contributed by atoms with Crippen LogP contribution in [0.4, 0.5) is 4.79 Å². The summed E-state index contributed by atoms with van der Waals surface area (Å²) in [7, 11) is 0. The summed E-state index contributed by atoms with van der Waals surface area (Å²) < 4.78 is 0. The largest absolute Gasteiger partial charge is 0.481 e. The number of carboxylic acid groups (broad SMARTS) is 1. The quantitative estimate of drug-likeness (QED) is 0.902. The van der Waals surface area contributed by atoms with E-state index in [9.17, 15) is 9.59 Å². The number of amides is 2. The molecule has 2 atom stereocenters. The van der Waals surface area contributed by atoms with E-state index >= 15 is 0 Å². The van der Waals surface area contributed by atoms with Crippen LogP contribution in [0.5, 0.6) is 0 Å². The Labute approximate surface area is 128 Å². The van der Waals surface area contributed by atoms with Crippen LogP contribution in [0.2, 0.25) is 5.02 Å². The first kappa shape index (κ1) is 15.6. The molecule has 1 aromatic rings. The predicted octanol–water partition coefficient (Wildman–Crippen LogP) is 2.91. The maximum atomic E-state index is 12.2. The van der Waals surface area contributed by atoms with E-state index in [0.29, 0.717) is 18.0 Å². The molecule has 0 aliphatic carbocycles. The molecule has 2 amide bonds. The van der Waals surface area contributed by atoms with Gasteiger partial charge in [-0.3, -0.25) is 4.79 Å². The fourth-order valence-corrected chi connectivity index (χ4v) is 2.60. The molecule has 2 rings (SSSR count). The van der Waals surface area contributed by atoms with Crippen molar-refractivity contribution in [3.8, 4) is 0 Å². The van der Waals surface area contributed by atoms with Crippen molar-refractivity contribution in [1.29, 1.82) is 0 Å². The van der Waals surface area contributed by atoms with Crippen molar-refractivity contribution < 1.29 is 14.7 Å². The Morgan fingerprint density at radius 1 is 1.38 bits per heavy atom. The van der Waals surface area contributed by atoms with E-state index in [-0.39, 0.29) is 18.6 Å². The maximum absolute atomic E-state index is 12.2. The average Bonchev–Trinajstić information content (AvgIpc) is 2.48. The molecule has 21 heavy (non-hydrogen) atoms. The van der Waals surface area contributed by atoms with E-state index in [1.807, 2.05) is 19.1 Å². The molecule has 1 heterocycles. The maximum Gasteiger partial charge on any atom is 0.317 e. The van der Waals surface area contributed by atoms with Gasteiger partial charge < -0.3 is 15.3 Å². The zero-order valence-corrected chi connectivity index (χ0v) is 12.6. The molecule has 1 aliphatic heterocycles. The van der Waals surface area contributed by atoms with E-state index in [1.165, 1.54) is 0 Å². The monoisotopic (exact) mass is 310 g/mol. The van der Waals surface area contributed by atoms with E-state index in [4.69, 9.17) is 16.7 Å². The summed E-state index contributed by atoms with van der Waals surface area (Å²) >= 11 is 5.84. The molecule has 5 nitrogen and oxygen atoms in total. The number of hydrogen-bond donors (Lipinski definition) is 2. The lowest BCUT2D eigenvalue weighted by atomic mass is 9.98. The highest BCUT2D eigenvalue weighted by Crippen LogP contribution is 2.19. The Morgan fingerprint density at radius 2 is 2.05 bits per heavy atom. The highest BCUT2D eigenvalue weighted by Gasteiger charge is 2.28. The van der Waals surface area contributed by atoms with E-state index in [0.717, 1.165) is 12.0 Å². The van der Waals surface area contributed by atoms with Crippen LogP contribution < -0.4 is 5.32 Å². The number of carboxylic acids is 1. The molecule has 1 aromatic carbocycles. The summed E-state index contributed by atoms with van der Waals surface area (Å²) in [6, 6.07) is 6.91. The molecule has 0 spiro atoms. The highest BCUT2D eigenvalue weighted by atomic mass is 35.5. The molecule has 6 heteroatoms. The Bertz CT molecular complexity index is 518. The summed E-state index contributed by atoms with van der Waals surface area (Å²) in [6.45, 7) is 2.76. The van der Waals surface area contributed by atoms with Crippen LogP contribution in [0.25, 0.3) is 0 Å². The van der Waals surface area contributed by atoms with Gasteiger partial charge in [-0.2, -0.15) is 0 Å². The van der Waals surface area contributed by atoms with Crippen molar-refractivity contribution in [2.45, 2.75) is 25.8 Å². The fourth-order valence-electron chi connectivity index (χ4n) is 2.47. The van der Waals surface area contributed by atoms with Crippen molar-refractivity contribution >= 4 is 23.6 Å². The second-order valence-corrected chi connectivity index (χ2v) is 5.78. The van der Waals surface area contributed by atoms with Gasteiger partial charge in [-0.15, -0.1) is 0 Å². The van der Waals surface area contributed by atoms with E-state index < -0.39 is 11.9 Å². The van der Waals surface area contributed by atoms with Crippen molar-refractivity contribution in [1.82, 2.24) is 10.2 Å². The minimum atomic E-state index is -0.835. The van der Waals surface area contributed by atoms with Gasteiger partial charge in [0.1, 0.15) is 0 Å². The van der Waals surface area contributed by atoms with Gasteiger partial charge in [-0.1, -0.05) is 23.7 Å². The number of piperidine rings is 1. The zero-order chi connectivity index (χ0) is 15.4. The van der Waals surface area contributed by atoms with E-state index in [2.05, 4.69) is 5.32 Å². The van der Waals surface area contributed by atoms with Crippen LogP contribution in [-0.2, 0) is 4.79 Å². The third kappa shape index (κ3) is 4.11. The van der Waals surface area contributed by atoms with Gasteiger partial charge in [-0.05, 0) is 37.5 Å². The molecule has 0 saturated carbocycles. The van der Waals surface area contributed by atoms with Crippen molar-refractivity contribution in [3.05, 3.63) is 34.9 Å². The lowest BCUT2D eigenvalue weighted by Crippen LogP contribution is -2.47. The molecule has 2 N–H and O–H groups in total. The van der Waals surface area contributed by atoms with Gasteiger partial charge in [-0.25, -0.2) is 4.79 Å². The van der Waals surface area contributed by atoms with Crippen molar-refractivity contribution in [3.63, 3.8) is 0 Å². The number of benzene rings is 1. The van der Waals surface area contributed by atoms with Crippen LogP contribution in [-0.4, -0.2) is 35.1 Å². The number of aliphatic carboxylic acids is 1. The van der Waals surface area contributed by atoms with Crippen LogP contribution in [0.1, 0.15) is 31.4 Å². The SMILES string of the molecule is C[C@H](NC(=O)N1CCCC(C(=O)O)C1)c1ccc(Cl)cc1. The number of likely N-dealkylation sites (tertiary alicyclic amines) is 1. The summed E-state index contributed by atoms with van der Waals surface area (Å²) in [5, 5.41) is 12.6. The molecule has 1 aliphatic rings. The summed E-state index contributed by atoms with van der Waals surface area (Å²) in [5.41, 5.74) is 0.958. The minimum Gasteiger partial charge on any atom is -0.481 e. The van der Waals surface area contributed by atoms with Gasteiger partial charge in [0.25, 0.3) is 0 Å². The Kier molecular flexibility index (Phi) is 5.07. The molecular weight excluding hydrogens is 292 g/mol. The first-order valence-electron chi connectivity index (χ1n) is 7.01. The molecule has 0 aromatic heterocycles. The second kappa shape index (κ2) is 6.80. The minimum absolute atomic E-state index is 0.153. The van der Waals surface area contributed by atoms with Gasteiger partial charge in [0.05, 0.1) is 12.0 Å². The number of hydrogen-bond acceptors (Lipinski definition) is 2. The Hall–Kier alpha value is -1.75. The van der Waals surface area contributed by atoms with Crippen LogP contribution in [0, 0.1) is 5.92 Å². The standard InChI is InChI=1S/C15H19ClN2O3/c1-10(11-4-6-13(16)7-5-11)17-15(21)18-8-2-3-12(9-18)14(19)20/h4-7,10,12H,2-3,8-9H2,1H3,(H,17,21)(H,19,20)/t10-,12?/m0/s1. The van der Waals surface area contributed by atoms with Gasteiger partial charge in [0.2, 0.25) is 0 Å². The summed E-state index contributed by atoms with van der Waals surface area (Å²) in [5.74, 6) is -1.30. The lowest BCUT2D eigenvalue weighted by Gasteiger charge is -2.31. The first-order chi connectivity index (χ1) is 9.97. The van der Waals surface area contributed by atoms with Gasteiger partial charge in [0, 0.05) is 18.1 Å². The fraction of sp³-hybridized carbons (Fsp3) is 0.467. The number of carbonyl (C=O) groups is 2. The van der Waals surface area contributed by atoms with Crippen LogP contribution in [0.3, 0.4) is 0 Å². The highest BCUT2D eigenvalue weighted by molar-refractivity contribution is 6.30. The number of nitrogens with zero attached hydrogens (tertiary/aromatic N) is 1. The van der Waals surface area contributed by atoms with Gasteiger partial charge >= 0.3 is 12.0 Å². The predicted molar refractivity (Wildman–Crippen MR) is 80.3 cm³/mol. The number of halogens is 1. The Morgan fingerprint density at radius 3 is 2.67 bits per heavy atom. The lowest BCUT2D eigenvalue weighted by molar-refractivity contribution is -0.143. The van der Waals surface area contributed by atoms with Crippen molar-refractivity contribution in [2.24, 2.45) is 5.92 Å². The number of urea groups is 1. The second-order valence-electron chi connectivity index (χ2n) is 5.35.